The summed E-state index contributed by atoms with van der Waals surface area (Å²) in [7, 11) is 0. The predicted octanol–water partition coefficient (Wildman–Crippen LogP) is 2.56. The molecular formula is C15H10N2O2. The van der Waals surface area contributed by atoms with Crippen LogP contribution in [0, 0.1) is 11.3 Å². The average molecular weight is 250 g/mol. The molecule has 0 fully saturated rings. The number of ether oxygens (including phenoxy) is 1. The molecule has 0 aliphatic carbocycles. The Kier molecular flexibility index (Phi) is 2.66. The fraction of sp³-hybridized carbons (Fsp3) is 0.0667. The highest BCUT2D eigenvalue weighted by molar-refractivity contribution is 5.96. The van der Waals surface area contributed by atoms with Crippen LogP contribution in [0.5, 0.6) is 5.75 Å². The molecule has 4 nitrogen and oxygen atoms in total. The maximum atomic E-state index is 11.3. The third-order valence-corrected chi connectivity index (χ3v) is 2.94. The quantitative estimate of drug-likeness (QED) is 0.846. The first-order valence-electron chi connectivity index (χ1n) is 5.83. The van der Waals surface area contributed by atoms with Gasteiger partial charge in [-0.05, 0) is 35.4 Å². The molecule has 0 spiro atoms. The van der Waals surface area contributed by atoms with Crippen molar-refractivity contribution in [1.29, 1.82) is 5.26 Å². The van der Waals surface area contributed by atoms with E-state index >= 15 is 0 Å². The highest BCUT2D eigenvalue weighted by Gasteiger charge is 2.16. The number of nitrogens with one attached hydrogen (secondary N) is 1. The van der Waals surface area contributed by atoms with E-state index in [2.05, 4.69) is 11.4 Å². The molecule has 0 radical (unpaired) electrons. The predicted molar refractivity (Wildman–Crippen MR) is 70.7 cm³/mol. The van der Waals surface area contributed by atoms with Crippen molar-refractivity contribution in [2.75, 3.05) is 11.9 Å². The molecule has 3 rings (SSSR count). The molecule has 0 bridgehead atoms. The highest BCUT2D eigenvalue weighted by atomic mass is 16.5. The van der Waals surface area contributed by atoms with E-state index in [1.807, 2.05) is 36.4 Å². The van der Waals surface area contributed by atoms with E-state index in [-0.39, 0.29) is 12.5 Å². The van der Waals surface area contributed by atoms with Gasteiger partial charge in [-0.3, -0.25) is 4.79 Å². The zero-order valence-electron chi connectivity index (χ0n) is 10.0. The van der Waals surface area contributed by atoms with Crippen LogP contribution in [0.25, 0.3) is 11.1 Å². The van der Waals surface area contributed by atoms with Crippen LogP contribution in [0.3, 0.4) is 0 Å². The number of carbonyl (C=O) groups excluding carboxylic acids is 1. The lowest BCUT2D eigenvalue weighted by molar-refractivity contribution is -0.118. The summed E-state index contributed by atoms with van der Waals surface area (Å²) in [5.74, 6) is 0.509. The third kappa shape index (κ3) is 2.14. The number of amides is 1. The molecule has 0 unspecified atom stereocenters. The summed E-state index contributed by atoms with van der Waals surface area (Å²) in [6.45, 7) is 0.0518. The molecule has 19 heavy (non-hydrogen) atoms. The smallest absolute Gasteiger partial charge is 0.262 e. The van der Waals surface area contributed by atoms with E-state index in [1.54, 1.807) is 6.07 Å². The molecular weight excluding hydrogens is 240 g/mol. The van der Waals surface area contributed by atoms with Crippen molar-refractivity contribution in [2.45, 2.75) is 0 Å². The van der Waals surface area contributed by atoms with Crippen LogP contribution in [0.4, 0.5) is 5.69 Å². The standard InChI is InChI=1S/C15H10N2O2/c16-8-10-2-1-3-11(6-10)12-4-5-14-13(7-12)17-15(18)9-19-14/h1-7H,9H2,(H,17,18). The molecule has 1 amide bonds. The van der Waals surface area contributed by atoms with Gasteiger partial charge in [-0.2, -0.15) is 5.26 Å². The van der Waals surface area contributed by atoms with Crippen LogP contribution in [0.15, 0.2) is 42.5 Å². The highest BCUT2D eigenvalue weighted by Crippen LogP contribution is 2.32. The number of carbonyl (C=O) groups is 1. The van der Waals surface area contributed by atoms with Crippen molar-refractivity contribution < 1.29 is 9.53 Å². The van der Waals surface area contributed by atoms with Crippen LogP contribution in [0.1, 0.15) is 5.56 Å². The maximum Gasteiger partial charge on any atom is 0.262 e. The molecule has 1 heterocycles. The number of nitriles is 1. The van der Waals surface area contributed by atoms with E-state index in [0.29, 0.717) is 17.0 Å². The lowest BCUT2D eigenvalue weighted by atomic mass is 10.0. The largest absolute Gasteiger partial charge is 0.482 e. The summed E-state index contributed by atoms with van der Waals surface area (Å²) in [4.78, 5) is 11.3. The van der Waals surface area contributed by atoms with E-state index < -0.39 is 0 Å². The van der Waals surface area contributed by atoms with Crippen molar-refractivity contribution in [3.8, 4) is 22.9 Å². The summed E-state index contributed by atoms with van der Waals surface area (Å²) in [5.41, 5.74) is 3.13. The van der Waals surface area contributed by atoms with E-state index in [4.69, 9.17) is 10.00 Å². The van der Waals surface area contributed by atoms with Crippen LogP contribution < -0.4 is 10.1 Å². The fourth-order valence-electron chi connectivity index (χ4n) is 2.03. The first-order valence-corrected chi connectivity index (χ1v) is 5.83. The van der Waals surface area contributed by atoms with Gasteiger partial charge < -0.3 is 10.1 Å². The molecule has 92 valence electrons. The number of fused-ring (bicyclic) bond motifs is 1. The van der Waals surface area contributed by atoms with Crippen molar-refractivity contribution >= 4 is 11.6 Å². The minimum Gasteiger partial charge on any atom is -0.482 e. The number of nitrogens with zero attached hydrogens (tertiary/aromatic N) is 1. The van der Waals surface area contributed by atoms with Gasteiger partial charge in [-0.25, -0.2) is 0 Å². The molecule has 0 atom stereocenters. The van der Waals surface area contributed by atoms with Crippen LogP contribution in [-0.2, 0) is 4.79 Å². The van der Waals surface area contributed by atoms with E-state index in [9.17, 15) is 4.79 Å². The van der Waals surface area contributed by atoms with Gasteiger partial charge in [0.15, 0.2) is 6.61 Å². The van der Waals surface area contributed by atoms with Gasteiger partial charge in [0, 0.05) is 0 Å². The Bertz CT molecular complexity index is 702. The van der Waals surface area contributed by atoms with E-state index in [1.165, 1.54) is 0 Å². The Hall–Kier alpha value is -2.80. The van der Waals surface area contributed by atoms with Gasteiger partial charge in [-0.1, -0.05) is 18.2 Å². The van der Waals surface area contributed by atoms with Gasteiger partial charge in [0.1, 0.15) is 5.75 Å². The fourth-order valence-corrected chi connectivity index (χ4v) is 2.03. The van der Waals surface area contributed by atoms with Crippen molar-refractivity contribution in [1.82, 2.24) is 0 Å². The number of benzene rings is 2. The Balaban J connectivity index is 2.04. The minimum atomic E-state index is -0.157. The summed E-state index contributed by atoms with van der Waals surface area (Å²) in [6.07, 6.45) is 0. The summed E-state index contributed by atoms with van der Waals surface area (Å²) in [6, 6.07) is 15.0. The zero-order chi connectivity index (χ0) is 13.2. The SMILES string of the molecule is N#Cc1cccc(-c2ccc3c(c2)NC(=O)CO3)c1. The molecule has 0 saturated heterocycles. The number of rotatable bonds is 1. The molecule has 0 saturated carbocycles. The van der Waals surface area contributed by atoms with Crippen LogP contribution >= 0.6 is 0 Å². The van der Waals surface area contributed by atoms with Gasteiger partial charge in [-0.15, -0.1) is 0 Å². The van der Waals surface area contributed by atoms with Crippen molar-refractivity contribution in [3.05, 3.63) is 48.0 Å². The molecule has 0 aromatic heterocycles. The van der Waals surface area contributed by atoms with Gasteiger partial charge >= 0.3 is 0 Å². The summed E-state index contributed by atoms with van der Waals surface area (Å²) in [5, 5.41) is 11.7. The van der Waals surface area contributed by atoms with Crippen LogP contribution in [0.2, 0.25) is 0 Å². The van der Waals surface area contributed by atoms with Crippen molar-refractivity contribution in [2.24, 2.45) is 0 Å². The number of hydrogen-bond donors (Lipinski definition) is 1. The molecule has 4 heteroatoms. The zero-order valence-corrected chi connectivity index (χ0v) is 10.0. The minimum absolute atomic E-state index is 0.0518. The maximum absolute atomic E-state index is 11.3. The lowest BCUT2D eigenvalue weighted by Crippen LogP contribution is -2.25. The number of hydrogen-bond acceptors (Lipinski definition) is 3. The van der Waals surface area contributed by atoms with Gasteiger partial charge in [0.2, 0.25) is 0 Å². The third-order valence-electron chi connectivity index (χ3n) is 2.94. The topological polar surface area (TPSA) is 62.1 Å². The number of anilines is 1. The normalized spacial score (nSPS) is 12.9. The Morgan fingerprint density at radius 1 is 1.16 bits per heavy atom. The summed E-state index contributed by atoms with van der Waals surface area (Å²) < 4.78 is 5.31. The van der Waals surface area contributed by atoms with Gasteiger partial charge in [0.05, 0.1) is 17.3 Å². The molecule has 1 aliphatic rings. The van der Waals surface area contributed by atoms with E-state index in [0.717, 1.165) is 11.1 Å². The van der Waals surface area contributed by atoms with Gasteiger partial charge in [0.25, 0.3) is 5.91 Å². The second-order valence-electron chi connectivity index (χ2n) is 4.24. The Morgan fingerprint density at radius 3 is 2.84 bits per heavy atom. The second-order valence-corrected chi connectivity index (χ2v) is 4.24. The lowest BCUT2D eigenvalue weighted by Gasteiger charge is -2.18. The summed E-state index contributed by atoms with van der Waals surface area (Å²) >= 11 is 0. The average Bonchev–Trinajstić information content (AvgIpc) is 2.46. The first-order chi connectivity index (χ1) is 9.26. The second kappa shape index (κ2) is 4.46. The molecule has 2 aromatic rings. The first kappa shape index (κ1) is 11.3. The molecule has 1 aliphatic heterocycles. The van der Waals surface area contributed by atoms with Crippen LogP contribution in [-0.4, -0.2) is 12.5 Å². The Labute approximate surface area is 110 Å². The molecule has 2 aromatic carbocycles. The Morgan fingerprint density at radius 2 is 2.00 bits per heavy atom. The monoisotopic (exact) mass is 250 g/mol. The van der Waals surface area contributed by atoms with Crippen molar-refractivity contribution in [3.63, 3.8) is 0 Å². The molecule has 1 N–H and O–H groups in total.